The molecule has 48 valence electrons. The molecule has 0 aliphatic carbocycles. The largest absolute Gasteiger partial charge is 0.469 e. The smallest absolute Gasteiger partial charge is 0.306 e. The lowest BCUT2D eigenvalue weighted by Gasteiger charge is -1.99. The van der Waals surface area contributed by atoms with Crippen molar-refractivity contribution in [3.05, 3.63) is 0 Å². The lowest BCUT2D eigenvalue weighted by atomic mass is 10.3. The van der Waals surface area contributed by atoms with Crippen LogP contribution in [0.5, 0.6) is 0 Å². The molecule has 0 saturated heterocycles. The Morgan fingerprint density at radius 3 is 2.50 bits per heavy atom. The zero-order chi connectivity index (χ0) is 6.57. The minimum Gasteiger partial charge on any atom is -0.469 e. The molecule has 0 aromatic heterocycles. The van der Waals surface area contributed by atoms with Crippen LogP contribution in [-0.2, 0) is 9.53 Å². The van der Waals surface area contributed by atoms with Crippen molar-refractivity contribution in [2.24, 2.45) is 0 Å². The number of carbonyl (C=O) groups is 1. The molecule has 0 rings (SSSR count). The zero-order valence-electron chi connectivity index (χ0n) is 5.05. The van der Waals surface area contributed by atoms with Gasteiger partial charge in [0.05, 0.1) is 13.5 Å². The zero-order valence-corrected chi connectivity index (χ0v) is 5.94. The van der Waals surface area contributed by atoms with Crippen LogP contribution in [-0.4, -0.2) is 18.3 Å². The molecule has 0 bridgehead atoms. The van der Waals surface area contributed by atoms with Crippen molar-refractivity contribution in [1.29, 1.82) is 0 Å². The van der Waals surface area contributed by atoms with Gasteiger partial charge in [-0.05, 0) is 0 Å². The number of hydrogen-bond donors (Lipinski definition) is 1. The van der Waals surface area contributed by atoms with Crippen molar-refractivity contribution in [3.8, 4) is 0 Å². The van der Waals surface area contributed by atoms with E-state index >= 15 is 0 Å². The summed E-state index contributed by atoms with van der Waals surface area (Å²) in [5.74, 6) is -0.201. The number of esters is 1. The summed E-state index contributed by atoms with van der Waals surface area (Å²) in [7, 11) is 1.37. The van der Waals surface area contributed by atoms with Crippen LogP contribution in [0.15, 0.2) is 0 Å². The minimum atomic E-state index is -0.201. The van der Waals surface area contributed by atoms with Crippen molar-refractivity contribution >= 4 is 18.6 Å². The van der Waals surface area contributed by atoms with Gasteiger partial charge in [-0.1, -0.05) is 6.92 Å². The standard InChI is InChI=1S/C5H10O2S/c1-4(8)3-5(6)7-2/h4,8H,3H2,1-2H3/t4-/m1/s1. The molecule has 0 unspecified atom stereocenters. The van der Waals surface area contributed by atoms with Crippen LogP contribution in [0, 0.1) is 0 Å². The third-order valence-corrected chi connectivity index (χ3v) is 0.872. The highest BCUT2D eigenvalue weighted by Crippen LogP contribution is 1.98. The molecule has 0 aliphatic heterocycles. The quantitative estimate of drug-likeness (QED) is 0.448. The molecule has 0 heterocycles. The second-order valence-corrected chi connectivity index (χ2v) is 2.51. The predicted octanol–water partition coefficient (Wildman–Crippen LogP) is 0.868. The lowest BCUT2D eigenvalue weighted by molar-refractivity contribution is -0.140. The Morgan fingerprint density at radius 2 is 2.38 bits per heavy atom. The van der Waals surface area contributed by atoms with E-state index in [2.05, 4.69) is 17.4 Å². The fourth-order valence-corrected chi connectivity index (χ4v) is 0.474. The summed E-state index contributed by atoms with van der Waals surface area (Å²) in [4.78, 5) is 10.4. The highest BCUT2D eigenvalue weighted by atomic mass is 32.1. The van der Waals surface area contributed by atoms with Gasteiger partial charge in [-0.3, -0.25) is 4.79 Å². The molecule has 0 radical (unpaired) electrons. The molecular formula is C5H10O2S. The molecule has 0 aliphatic rings. The first kappa shape index (κ1) is 7.82. The average molecular weight is 134 g/mol. The number of hydrogen-bond acceptors (Lipinski definition) is 3. The summed E-state index contributed by atoms with van der Waals surface area (Å²) in [6.07, 6.45) is 0.389. The van der Waals surface area contributed by atoms with Gasteiger partial charge in [-0.2, -0.15) is 12.6 Å². The van der Waals surface area contributed by atoms with Crippen LogP contribution in [0.25, 0.3) is 0 Å². The molecule has 1 atom stereocenters. The van der Waals surface area contributed by atoms with E-state index in [1.165, 1.54) is 7.11 Å². The summed E-state index contributed by atoms with van der Waals surface area (Å²) in [6.45, 7) is 1.85. The second-order valence-electron chi connectivity index (χ2n) is 1.63. The van der Waals surface area contributed by atoms with E-state index in [9.17, 15) is 4.79 Å². The Balaban J connectivity index is 3.25. The second kappa shape index (κ2) is 3.78. The Morgan fingerprint density at radius 1 is 1.88 bits per heavy atom. The monoisotopic (exact) mass is 134 g/mol. The Hall–Kier alpha value is -0.180. The number of ether oxygens (including phenoxy) is 1. The van der Waals surface area contributed by atoms with Crippen molar-refractivity contribution in [2.75, 3.05) is 7.11 Å². The van der Waals surface area contributed by atoms with Gasteiger partial charge in [0, 0.05) is 5.25 Å². The number of rotatable bonds is 2. The number of carbonyl (C=O) groups excluding carboxylic acids is 1. The SMILES string of the molecule is COC(=O)C[C@@H](C)S. The molecule has 3 heteroatoms. The van der Waals surface area contributed by atoms with E-state index in [0.29, 0.717) is 6.42 Å². The normalized spacial score (nSPS) is 12.9. The van der Waals surface area contributed by atoms with Crippen molar-refractivity contribution < 1.29 is 9.53 Å². The molecule has 0 aromatic carbocycles. The summed E-state index contributed by atoms with van der Waals surface area (Å²) in [5, 5.41) is 0.0995. The van der Waals surface area contributed by atoms with Crippen LogP contribution in [0.2, 0.25) is 0 Å². The molecule has 0 fully saturated rings. The van der Waals surface area contributed by atoms with E-state index < -0.39 is 0 Å². The third-order valence-electron chi connectivity index (χ3n) is 0.690. The topological polar surface area (TPSA) is 26.3 Å². The molecule has 0 saturated carbocycles. The van der Waals surface area contributed by atoms with Gasteiger partial charge in [0.15, 0.2) is 0 Å². The van der Waals surface area contributed by atoms with Gasteiger partial charge >= 0.3 is 5.97 Å². The molecule has 8 heavy (non-hydrogen) atoms. The summed E-state index contributed by atoms with van der Waals surface area (Å²) in [6, 6.07) is 0. The highest BCUT2D eigenvalue weighted by molar-refractivity contribution is 7.80. The number of thiol groups is 1. The van der Waals surface area contributed by atoms with Crippen LogP contribution in [0.3, 0.4) is 0 Å². The fraction of sp³-hybridized carbons (Fsp3) is 0.800. The first-order valence-electron chi connectivity index (χ1n) is 2.41. The van der Waals surface area contributed by atoms with Gasteiger partial charge in [0.25, 0.3) is 0 Å². The van der Waals surface area contributed by atoms with Crippen molar-refractivity contribution in [2.45, 2.75) is 18.6 Å². The predicted molar refractivity (Wildman–Crippen MR) is 35.1 cm³/mol. The molecule has 0 aromatic rings. The number of methoxy groups -OCH3 is 1. The minimum absolute atomic E-state index is 0.0995. The third kappa shape index (κ3) is 3.99. The molecule has 2 nitrogen and oxygen atoms in total. The molecular weight excluding hydrogens is 124 g/mol. The van der Waals surface area contributed by atoms with E-state index in [1.54, 1.807) is 0 Å². The van der Waals surface area contributed by atoms with Crippen LogP contribution < -0.4 is 0 Å². The van der Waals surface area contributed by atoms with Gasteiger partial charge in [-0.25, -0.2) is 0 Å². The Labute approximate surface area is 54.6 Å². The summed E-state index contributed by atoms with van der Waals surface area (Å²) >= 11 is 3.99. The van der Waals surface area contributed by atoms with E-state index in [1.807, 2.05) is 6.92 Å². The van der Waals surface area contributed by atoms with Gasteiger partial charge in [-0.15, -0.1) is 0 Å². The van der Waals surface area contributed by atoms with Crippen molar-refractivity contribution in [3.63, 3.8) is 0 Å². The van der Waals surface area contributed by atoms with Gasteiger partial charge < -0.3 is 4.74 Å². The first-order chi connectivity index (χ1) is 3.66. The summed E-state index contributed by atoms with van der Waals surface area (Å²) < 4.78 is 4.37. The summed E-state index contributed by atoms with van der Waals surface area (Å²) in [5.41, 5.74) is 0. The molecule has 0 N–H and O–H groups in total. The van der Waals surface area contributed by atoms with Crippen molar-refractivity contribution in [1.82, 2.24) is 0 Å². The van der Waals surface area contributed by atoms with Crippen LogP contribution in [0.4, 0.5) is 0 Å². The van der Waals surface area contributed by atoms with E-state index in [4.69, 9.17) is 0 Å². The fourth-order valence-electron chi connectivity index (χ4n) is 0.325. The maximum Gasteiger partial charge on any atom is 0.306 e. The first-order valence-corrected chi connectivity index (χ1v) is 2.93. The maximum absolute atomic E-state index is 10.4. The Bertz CT molecular complexity index is 80.5. The average Bonchev–Trinajstić information content (AvgIpc) is 1.65. The van der Waals surface area contributed by atoms with E-state index in [-0.39, 0.29) is 11.2 Å². The molecule has 0 amide bonds. The maximum atomic E-state index is 10.4. The van der Waals surface area contributed by atoms with Crippen LogP contribution >= 0.6 is 12.6 Å². The van der Waals surface area contributed by atoms with Gasteiger partial charge in [0.2, 0.25) is 0 Å². The van der Waals surface area contributed by atoms with E-state index in [0.717, 1.165) is 0 Å². The van der Waals surface area contributed by atoms with Gasteiger partial charge in [0.1, 0.15) is 0 Å². The Kier molecular flexibility index (Phi) is 3.69. The lowest BCUT2D eigenvalue weighted by Crippen LogP contribution is -2.05. The van der Waals surface area contributed by atoms with Crippen LogP contribution in [0.1, 0.15) is 13.3 Å². The highest BCUT2D eigenvalue weighted by Gasteiger charge is 2.02. The molecule has 0 spiro atoms.